The topological polar surface area (TPSA) is 52.8 Å². The van der Waals surface area contributed by atoms with Crippen molar-refractivity contribution in [3.05, 3.63) is 53.3 Å². The molecule has 3 aromatic rings. The summed E-state index contributed by atoms with van der Waals surface area (Å²) in [6, 6.07) is 15.9. The van der Waals surface area contributed by atoms with Gasteiger partial charge in [-0.3, -0.25) is 4.79 Å². The predicted molar refractivity (Wildman–Crippen MR) is 111 cm³/mol. The molecule has 0 fully saturated rings. The molecular weight excluding hydrogens is 380 g/mol. The monoisotopic (exact) mass is 402 g/mol. The van der Waals surface area contributed by atoms with Gasteiger partial charge in [0.05, 0.1) is 23.9 Å². The van der Waals surface area contributed by atoms with E-state index in [1.54, 1.807) is 26.0 Å². The third-order valence-electron chi connectivity index (χ3n) is 3.97. The van der Waals surface area contributed by atoms with E-state index in [1.165, 1.54) is 11.3 Å². The lowest BCUT2D eigenvalue weighted by Crippen LogP contribution is -2.19. The number of rotatable bonds is 8. The molecule has 5 nitrogen and oxygen atoms in total. The molecule has 3 rings (SSSR count). The summed E-state index contributed by atoms with van der Waals surface area (Å²) < 4.78 is 13.5. The van der Waals surface area contributed by atoms with Gasteiger partial charge in [0, 0.05) is 30.7 Å². The Morgan fingerprint density at radius 3 is 2.67 bits per heavy atom. The number of amides is 1. The third kappa shape index (κ3) is 5.22. The summed E-state index contributed by atoms with van der Waals surface area (Å²) in [5.41, 5.74) is 1.08. The first kappa shape index (κ1) is 19.7. The average Bonchev–Trinajstić information content (AvgIpc) is 3.03. The molecule has 0 unspecified atom stereocenters. The zero-order valence-electron chi connectivity index (χ0n) is 15.4. The van der Waals surface area contributed by atoms with Crippen LogP contribution in [0.5, 0.6) is 5.75 Å². The van der Waals surface area contributed by atoms with Crippen molar-refractivity contribution in [1.82, 2.24) is 4.57 Å². The second kappa shape index (κ2) is 9.73. The fourth-order valence-corrected chi connectivity index (χ4v) is 4.51. The Bertz CT molecular complexity index is 961. The lowest BCUT2D eigenvalue weighted by molar-refractivity contribution is -0.117. The van der Waals surface area contributed by atoms with Crippen LogP contribution in [0, 0.1) is 0 Å². The number of ether oxygens (including phenoxy) is 2. The molecule has 0 atom stereocenters. The third-order valence-corrected chi connectivity index (χ3v) is 6.04. The minimum absolute atomic E-state index is 0.103. The summed E-state index contributed by atoms with van der Waals surface area (Å²) in [6.45, 7) is 1.25. The molecule has 142 valence electrons. The molecule has 0 saturated carbocycles. The molecule has 0 saturated heterocycles. The Labute approximate surface area is 166 Å². The molecule has 27 heavy (non-hydrogen) atoms. The molecule has 0 aliphatic heterocycles. The number of thioether (sulfide) groups is 1. The fraction of sp³-hybridized carbons (Fsp3) is 0.300. The van der Waals surface area contributed by atoms with E-state index in [-0.39, 0.29) is 5.91 Å². The molecule has 0 spiro atoms. The first-order valence-corrected chi connectivity index (χ1v) is 10.4. The van der Waals surface area contributed by atoms with Crippen LogP contribution in [-0.2, 0) is 16.1 Å². The predicted octanol–water partition coefficient (Wildman–Crippen LogP) is 3.97. The van der Waals surface area contributed by atoms with Gasteiger partial charge < -0.3 is 14.0 Å². The quantitative estimate of drug-likeness (QED) is 0.535. The van der Waals surface area contributed by atoms with Crippen molar-refractivity contribution >= 4 is 39.2 Å². The van der Waals surface area contributed by atoms with E-state index in [9.17, 15) is 4.79 Å². The standard InChI is InChI=1S/C20H22N2O3S2/c1-24-13-12-22-17-5-3-4-6-18(17)27-20(22)21-19(23)11-14-26-16-9-7-15(25-2)8-10-16/h3-10H,11-14H2,1-2H3. The summed E-state index contributed by atoms with van der Waals surface area (Å²) >= 11 is 3.18. The Morgan fingerprint density at radius 2 is 1.93 bits per heavy atom. The second-order valence-corrected chi connectivity index (χ2v) is 7.95. The Balaban J connectivity index is 1.68. The molecular formula is C20H22N2O3S2. The van der Waals surface area contributed by atoms with Crippen molar-refractivity contribution in [3.63, 3.8) is 0 Å². The van der Waals surface area contributed by atoms with Crippen LogP contribution in [0.3, 0.4) is 0 Å². The number of methoxy groups -OCH3 is 2. The number of carbonyl (C=O) groups excluding carboxylic acids is 1. The largest absolute Gasteiger partial charge is 0.497 e. The van der Waals surface area contributed by atoms with E-state index in [4.69, 9.17) is 9.47 Å². The van der Waals surface area contributed by atoms with Crippen molar-refractivity contribution in [2.75, 3.05) is 26.6 Å². The van der Waals surface area contributed by atoms with Gasteiger partial charge in [0.15, 0.2) is 4.80 Å². The molecule has 1 aromatic heterocycles. The molecule has 0 aliphatic rings. The molecule has 7 heteroatoms. The second-order valence-electron chi connectivity index (χ2n) is 5.78. The number of nitrogens with zero attached hydrogens (tertiary/aromatic N) is 2. The molecule has 0 aliphatic carbocycles. The number of fused-ring (bicyclic) bond motifs is 1. The van der Waals surface area contributed by atoms with E-state index < -0.39 is 0 Å². The number of benzene rings is 2. The van der Waals surface area contributed by atoms with Crippen molar-refractivity contribution in [2.24, 2.45) is 4.99 Å². The van der Waals surface area contributed by atoms with Gasteiger partial charge in [-0.2, -0.15) is 4.99 Å². The van der Waals surface area contributed by atoms with Crippen LogP contribution in [0.25, 0.3) is 10.2 Å². The first-order valence-electron chi connectivity index (χ1n) is 8.63. The highest BCUT2D eigenvalue weighted by atomic mass is 32.2. The number of para-hydroxylation sites is 1. The summed E-state index contributed by atoms with van der Waals surface area (Å²) in [5.74, 6) is 1.42. The average molecular weight is 403 g/mol. The fourth-order valence-electron chi connectivity index (χ4n) is 2.60. The van der Waals surface area contributed by atoms with Crippen LogP contribution < -0.4 is 9.54 Å². The van der Waals surface area contributed by atoms with Gasteiger partial charge in [0.25, 0.3) is 0 Å². The van der Waals surface area contributed by atoms with Crippen molar-refractivity contribution in [2.45, 2.75) is 17.9 Å². The van der Waals surface area contributed by atoms with Crippen LogP contribution in [0.15, 0.2) is 58.4 Å². The van der Waals surface area contributed by atoms with Gasteiger partial charge >= 0.3 is 0 Å². The van der Waals surface area contributed by atoms with E-state index in [2.05, 4.69) is 9.56 Å². The van der Waals surface area contributed by atoms with E-state index in [0.29, 0.717) is 25.3 Å². The van der Waals surface area contributed by atoms with Crippen LogP contribution in [0.4, 0.5) is 0 Å². The maximum Gasteiger partial charge on any atom is 0.249 e. The van der Waals surface area contributed by atoms with E-state index in [0.717, 1.165) is 25.7 Å². The lowest BCUT2D eigenvalue weighted by Gasteiger charge is -2.04. The van der Waals surface area contributed by atoms with Crippen LogP contribution in [0.1, 0.15) is 6.42 Å². The number of carbonyl (C=O) groups is 1. The Morgan fingerprint density at radius 1 is 1.15 bits per heavy atom. The van der Waals surface area contributed by atoms with Crippen molar-refractivity contribution in [3.8, 4) is 5.75 Å². The first-order chi connectivity index (χ1) is 13.2. The van der Waals surface area contributed by atoms with E-state index >= 15 is 0 Å². The van der Waals surface area contributed by atoms with Gasteiger partial charge in [-0.05, 0) is 36.4 Å². The normalized spacial score (nSPS) is 11.9. The zero-order chi connectivity index (χ0) is 19.1. The molecule has 1 amide bonds. The number of thiazole rings is 1. The Kier molecular flexibility index (Phi) is 7.09. The van der Waals surface area contributed by atoms with Crippen molar-refractivity contribution < 1.29 is 14.3 Å². The summed E-state index contributed by atoms with van der Waals surface area (Å²) in [6.07, 6.45) is 0.398. The maximum absolute atomic E-state index is 12.4. The maximum atomic E-state index is 12.4. The summed E-state index contributed by atoms with van der Waals surface area (Å²) in [4.78, 5) is 18.6. The minimum atomic E-state index is -0.103. The summed E-state index contributed by atoms with van der Waals surface area (Å²) in [5, 5.41) is 0. The lowest BCUT2D eigenvalue weighted by atomic mass is 10.3. The van der Waals surface area contributed by atoms with Gasteiger partial charge in [-0.15, -0.1) is 11.8 Å². The van der Waals surface area contributed by atoms with Gasteiger partial charge in [0.2, 0.25) is 5.91 Å². The molecule has 0 bridgehead atoms. The SMILES string of the molecule is COCCn1c(=NC(=O)CCSc2ccc(OC)cc2)sc2ccccc21. The number of aromatic nitrogens is 1. The Hall–Kier alpha value is -2.09. The van der Waals surface area contributed by atoms with Crippen LogP contribution in [-0.4, -0.2) is 37.1 Å². The van der Waals surface area contributed by atoms with Gasteiger partial charge in [0.1, 0.15) is 5.75 Å². The van der Waals surface area contributed by atoms with Crippen molar-refractivity contribution in [1.29, 1.82) is 0 Å². The smallest absolute Gasteiger partial charge is 0.249 e. The molecule has 1 heterocycles. The summed E-state index contributed by atoms with van der Waals surface area (Å²) in [7, 11) is 3.32. The minimum Gasteiger partial charge on any atom is -0.497 e. The number of hydrogen-bond acceptors (Lipinski definition) is 5. The zero-order valence-corrected chi connectivity index (χ0v) is 17.0. The highest BCUT2D eigenvalue weighted by molar-refractivity contribution is 7.99. The molecule has 0 N–H and O–H groups in total. The number of hydrogen-bond donors (Lipinski definition) is 0. The van der Waals surface area contributed by atoms with Crippen LogP contribution >= 0.6 is 23.1 Å². The van der Waals surface area contributed by atoms with Gasteiger partial charge in [-0.25, -0.2) is 0 Å². The molecule has 2 aromatic carbocycles. The highest BCUT2D eigenvalue weighted by Crippen LogP contribution is 2.22. The van der Waals surface area contributed by atoms with Crippen LogP contribution in [0.2, 0.25) is 0 Å². The van der Waals surface area contributed by atoms with E-state index in [1.807, 2.05) is 48.5 Å². The highest BCUT2D eigenvalue weighted by Gasteiger charge is 2.08. The molecule has 0 radical (unpaired) electrons. The van der Waals surface area contributed by atoms with Gasteiger partial charge in [-0.1, -0.05) is 23.5 Å².